The Hall–Kier alpha value is -2.53. The minimum Gasteiger partial charge on any atom is -0.396 e. The molecule has 20 heavy (non-hydrogen) atoms. The lowest BCUT2D eigenvalue weighted by atomic mass is 10.2. The molecule has 104 valence electrons. The van der Waals surface area contributed by atoms with E-state index in [2.05, 4.69) is 15.7 Å². The number of nitrogen functional groups attached to an aromatic ring is 1. The third-order valence-corrected chi connectivity index (χ3v) is 3.75. The van der Waals surface area contributed by atoms with Gasteiger partial charge in [-0.05, 0) is 6.07 Å². The van der Waals surface area contributed by atoms with E-state index in [1.165, 1.54) is 18.4 Å². The van der Waals surface area contributed by atoms with Gasteiger partial charge in [-0.15, -0.1) is 11.3 Å². The van der Waals surface area contributed by atoms with Gasteiger partial charge in [0.05, 0.1) is 17.8 Å². The molecule has 0 atom stereocenters. The first-order valence-corrected chi connectivity index (χ1v) is 6.74. The molecule has 0 saturated carbocycles. The van der Waals surface area contributed by atoms with Gasteiger partial charge in [-0.25, -0.2) is 0 Å². The lowest BCUT2D eigenvalue weighted by Crippen LogP contribution is -2.20. The summed E-state index contributed by atoms with van der Waals surface area (Å²) in [5.74, 6) is -0.304. The molecule has 0 aliphatic rings. The average Bonchev–Trinajstić information content (AvgIpc) is 3.06. The third kappa shape index (κ3) is 2.73. The van der Waals surface area contributed by atoms with Crippen molar-refractivity contribution in [2.75, 3.05) is 24.6 Å². The second-order valence-electron chi connectivity index (χ2n) is 3.94. The number of nitriles is 1. The standard InChI is InChI=1S/C12H14N6OS/c1-15-11(19)9-10(14)8(7-13)20-12(9)16-4-6-18-5-2-3-17-18/h2-3,5,16H,4,6,14H2,1H3,(H,15,19). The molecule has 4 N–H and O–H groups in total. The molecular formula is C12H14N6OS. The molecule has 2 rings (SSSR count). The van der Waals surface area contributed by atoms with Crippen LogP contribution in [-0.4, -0.2) is 29.3 Å². The molecule has 2 aromatic heterocycles. The van der Waals surface area contributed by atoms with E-state index in [-0.39, 0.29) is 11.6 Å². The molecule has 0 aliphatic heterocycles. The summed E-state index contributed by atoms with van der Waals surface area (Å²) >= 11 is 1.18. The fourth-order valence-corrected chi connectivity index (χ4v) is 2.66. The van der Waals surface area contributed by atoms with Gasteiger partial charge < -0.3 is 16.4 Å². The van der Waals surface area contributed by atoms with E-state index >= 15 is 0 Å². The first-order chi connectivity index (χ1) is 9.67. The molecule has 0 aliphatic carbocycles. The minimum atomic E-state index is -0.304. The summed E-state index contributed by atoms with van der Waals surface area (Å²) in [7, 11) is 1.53. The summed E-state index contributed by atoms with van der Waals surface area (Å²) < 4.78 is 1.77. The smallest absolute Gasteiger partial charge is 0.256 e. The number of carbonyl (C=O) groups is 1. The van der Waals surface area contributed by atoms with Gasteiger partial charge in [-0.1, -0.05) is 0 Å². The van der Waals surface area contributed by atoms with Gasteiger partial charge in [-0.2, -0.15) is 10.4 Å². The van der Waals surface area contributed by atoms with Crippen LogP contribution in [0.5, 0.6) is 0 Å². The van der Waals surface area contributed by atoms with E-state index in [1.54, 1.807) is 10.9 Å². The highest BCUT2D eigenvalue weighted by molar-refractivity contribution is 7.17. The Labute approximate surface area is 120 Å². The van der Waals surface area contributed by atoms with Gasteiger partial charge in [0.15, 0.2) is 0 Å². The molecule has 0 saturated heterocycles. The van der Waals surface area contributed by atoms with Crippen LogP contribution < -0.4 is 16.4 Å². The van der Waals surface area contributed by atoms with E-state index in [4.69, 9.17) is 11.0 Å². The first kappa shape index (κ1) is 13.9. The number of hydrogen-bond donors (Lipinski definition) is 3. The number of rotatable bonds is 5. The molecule has 0 fully saturated rings. The van der Waals surface area contributed by atoms with Gasteiger partial charge in [0.25, 0.3) is 5.91 Å². The van der Waals surface area contributed by atoms with Gasteiger partial charge >= 0.3 is 0 Å². The normalized spacial score (nSPS) is 10.0. The first-order valence-electron chi connectivity index (χ1n) is 5.93. The van der Waals surface area contributed by atoms with Crippen LogP contribution >= 0.6 is 11.3 Å². The summed E-state index contributed by atoms with van der Waals surface area (Å²) in [4.78, 5) is 12.2. The Bertz CT molecular complexity index is 640. The summed E-state index contributed by atoms with van der Waals surface area (Å²) in [6.45, 7) is 1.23. The Morgan fingerprint density at radius 3 is 3.05 bits per heavy atom. The van der Waals surface area contributed by atoms with E-state index in [9.17, 15) is 4.79 Å². The van der Waals surface area contributed by atoms with Crippen LogP contribution in [0.2, 0.25) is 0 Å². The molecule has 0 unspecified atom stereocenters. The number of thiophene rings is 1. The second-order valence-corrected chi connectivity index (χ2v) is 4.96. The van der Waals surface area contributed by atoms with Gasteiger partial charge in [0.2, 0.25) is 0 Å². The third-order valence-electron chi connectivity index (χ3n) is 2.69. The highest BCUT2D eigenvalue weighted by Crippen LogP contribution is 2.34. The van der Waals surface area contributed by atoms with Crippen molar-refractivity contribution in [3.8, 4) is 6.07 Å². The monoisotopic (exact) mass is 290 g/mol. The number of carbonyl (C=O) groups excluding carboxylic acids is 1. The van der Waals surface area contributed by atoms with Crippen molar-refractivity contribution in [2.45, 2.75) is 6.54 Å². The zero-order chi connectivity index (χ0) is 14.5. The number of aromatic nitrogens is 2. The maximum absolute atomic E-state index is 11.8. The van der Waals surface area contributed by atoms with E-state index in [0.29, 0.717) is 28.5 Å². The Morgan fingerprint density at radius 2 is 2.45 bits per heavy atom. The maximum Gasteiger partial charge on any atom is 0.256 e. The largest absolute Gasteiger partial charge is 0.396 e. The molecule has 7 nitrogen and oxygen atoms in total. The van der Waals surface area contributed by atoms with Crippen molar-refractivity contribution in [1.82, 2.24) is 15.1 Å². The quantitative estimate of drug-likeness (QED) is 0.757. The molecular weight excluding hydrogens is 276 g/mol. The summed E-state index contributed by atoms with van der Waals surface area (Å²) in [6, 6.07) is 3.84. The predicted molar refractivity (Wildman–Crippen MR) is 77.6 cm³/mol. The average molecular weight is 290 g/mol. The number of nitrogens with two attached hydrogens (primary N) is 1. The minimum absolute atomic E-state index is 0.221. The van der Waals surface area contributed by atoms with Crippen molar-refractivity contribution in [3.05, 3.63) is 28.9 Å². The maximum atomic E-state index is 11.8. The lowest BCUT2D eigenvalue weighted by molar-refractivity contribution is 0.0965. The van der Waals surface area contributed by atoms with E-state index in [1.807, 2.05) is 18.3 Å². The molecule has 2 heterocycles. The van der Waals surface area contributed by atoms with Crippen LogP contribution in [0.25, 0.3) is 0 Å². The number of nitrogens with zero attached hydrogens (tertiary/aromatic N) is 3. The van der Waals surface area contributed by atoms with Gasteiger partial charge in [-0.3, -0.25) is 9.48 Å². The van der Waals surface area contributed by atoms with Crippen LogP contribution in [-0.2, 0) is 6.54 Å². The lowest BCUT2D eigenvalue weighted by Gasteiger charge is -2.07. The van der Waals surface area contributed by atoms with E-state index < -0.39 is 0 Å². The number of amides is 1. The van der Waals surface area contributed by atoms with Crippen LogP contribution in [0, 0.1) is 11.3 Å². The van der Waals surface area contributed by atoms with Crippen molar-refractivity contribution in [1.29, 1.82) is 5.26 Å². The van der Waals surface area contributed by atoms with Crippen LogP contribution in [0.15, 0.2) is 18.5 Å². The fourth-order valence-electron chi connectivity index (χ4n) is 1.72. The van der Waals surface area contributed by atoms with E-state index in [0.717, 1.165) is 0 Å². The van der Waals surface area contributed by atoms with Crippen molar-refractivity contribution < 1.29 is 4.79 Å². The Kier molecular flexibility index (Phi) is 4.22. The summed E-state index contributed by atoms with van der Waals surface area (Å²) in [6.07, 6.45) is 3.55. The zero-order valence-electron chi connectivity index (χ0n) is 10.9. The fraction of sp³-hybridized carbons (Fsp3) is 0.250. The Balaban J connectivity index is 2.14. The summed E-state index contributed by atoms with van der Waals surface area (Å²) in [5.41, 5.74) is 6.38. The highest BCUT2D eigenvalue weighted by atomic mass is 32.1. The van der Waals surface area contributed by atoms with Gasteiger partial charge in [0, 0.05) is 26.0 Å². The number of hydrogen-bond acceptors (Lipinski definition) is 6. The van der Waals surface area contributed by atoms with Crippen LogP contribution in [0.3, 0.4) is 0 Å². The van der Waals surface area contributed by atoms with Gasteiger partial charge in [0.1, 0.15) is 15.9 Å². The number of nitrogens with one attached hydrogen (secondary N) is 2. The molecule has 8 heteroatoms. The predicted octanol–water partition coefficient (Wildman–Crippen LogP) is 0.870. The molecule has 0 radical (unpaired) electrons. The van der Waals surface area contributed by atoms with Crippen LogP contribution in [0.4, 0.5) is 10.7 Å². The van der Waals surface area contributed by atoms with Crippen molar-refractivity contribution in [2.24, 2.45) is 0 Å². The molecule has 2 aromatic rings. The zero-order valence-corrected chi connectivity index (χ0v) is 11.7. The molecule has 0 bridgehead atoms. The molecule has 0 spiro atoms. The molecule has 1 amide bonds. The highest BCUT2D eigenvalue weighted by Gasteiger charge is 2.20. The summed E-state index contributed by atoms with van der Waals surface area (Å²) in [5, 5.41) is 19.3. The van der Waals surface area contributed by atoms with Crippen LogP contribution in [0.1, 0.15) is 15.2 Å². The molecule has 0 aromatic carbocycles. The van der Waals surface area contributed by atoms with Crippen molar-refractivity contribution >= 4 is 27.9 Å². The van der Waals surface area contributed by atoms with Crippen molar-refractivity contribution in [3.63, 3.8) is 0 Å². The second kappa shape index (κ2) is 6.08. The topological polar surface area (TPSA) is 109 Å². The number of anilines is 2. The Morgan fingerprint density at radius 1 is 1.65 bits per heavy atom. The SMILES string of the molecule is CNC(=O)c1c(NCCn2cccn2)sc(C#N)c1N.